The Balaban J connectivity index is 2.29. The second-order valence-electron chi connectivity index (χ2n) is 4.60. The number of aromatic nitrogens is 2. The summed E-state index contributed by atoms with van der Waals surface area (Å²) in [5.74, 6) is 0. The van der Waals surface area contributed by atoms with Gasteiger partial charge in [0.2, 0.25) is 0 Å². The van der Waals surface area contributed by atoms with Gasteiger partial charge in [0.15, 0.2) is 0 Å². The van der Waals surface area contributed by atoms with Gasteiger partial charge < -0.3 is 14.6 Å². The summed E-state index contributed by atoms with van der Waals surface area (Å²) in [5, 5.41) is 8.71. The SMILES string of the molecule is CCCn1cncc1CN(C)CCCCCO. The molecule has 1 aromatic rings. The zero-order chi connectivity index (χ0) is 12.5. The lowest BCUT2D eigenvalue weighted by molar-refractivity contribution is 0.269. The molecule has 0 aliphatic heterocycles. The lowest BCUT2D eigenvalue weighted by Gasteiger charge is -2.17. The van der Waals surface area contributed by atoms with Crippen molar-refractivity contribution in [1.82, 2.24) is 14.5 Å². The predicted molar refractivity (Wildman–Crippen MR) is 69.8 cm³/mol. The van der Waals surface area contributed by atoms with Crippen LogP contribution in [0.2, 0.25) is 0 Å². The number of rotatable bonds is 9. The first-order valence-corrected chi connectivity index (χ1v) is 6.56. The Morgan fingerprint density at radius 3 is 2.88 bits per heavy atom. The fraction of sp³-hybridized carbons (Fsp3) is 0.769. The van der Waals surface area contributed by atoms with E-state index in [-0.39, 0.29) is 0 Å². The van der Waals surface area contributed by atoms with Crippen molar-refractivity contribution < 1.29 is 5.11 Å². The van der Waals surface area contributed by atoms with Gasteiger partial charge in [0.1, 0.15) is 0 Å². The molecule has 0 bridgehead atoms. The lowest BCUT2D eigenvalue weighted by atomic mass is 10.2. The van der Waals surface area contributed by atoms with E-state index < -0.39 is 0 Å². The van der Waals surface area contributed by atoms with Gasteiger partial charge in [-0.15, -0.1) is 0 Å². The minimum Gasteiger partial charge on any atom is -0.396 e. The van der Waals surface area contributed by atoms with Crippen LogP contribution in [0.3, 0.4) is 0 Å². The van der Waals surface area contributed by atoms with Crippen molar-refractivity contribution in [1.29, 1.82) is 0 Å². The predicted octanol–water partition coefficient (Wildman–Crippen LogP) is 1.89. The Labute approximate surface area is 104 Å². The molecule has 0 aliphatic rings. The summed E-state index contributed by atoms with van der Waals surface area (Å²) in [6, 6.07) is 0. The Bertz CT molecular complexity index is 299. The van der Waals surface area contributed by atoms with E-state index >= 15 is 0 Å². The number of imidazole rings is 1. The molecule has 17 heavy (non-hydrogen) atoms. The summed E-state index contributed by atoms with van der Waals surface area (Å²) < 4.78 is 2.23. The monoisotopic (exact) mass is 239 g/mol. The number of hydrogen-bond donors (Lipinski definition) is 1. The average Bonchev–Trinajstić information content (AvgIpc) is 2.73. The molecule has 98 valence electrons. The molecule has 0 radical (unpaired) electrons. The molecule has 0 atom stereocenters. The largest absolute Gasteiger partial charge is 0.396 e. The van der Waals surface area contributed by atoms with Gasteiger partial charge in [0.25, 0.3) is 0 Å². The molecule has 4 nitrogen and oxygen atoms in total. The first-order valence-electron chi connectivity index (χ1n) is 6.56. The maximum Gasteiger partial charge on any atom is 0.0948 e. The number of hydrogen-bond acceptors (Lipinski definition) is 3. The highest BCUT2D eigenvalue weighted by molar-refractivity contribution is 4.97. The van der Waals surface area contributed by atoms with Crippen molar-refractivity contribution in [2.24, 2.45) is 0 Å². The Kier molecular flexibility index (Phi) is 6.89. The normalized spacial score (nSPS) is 11.3. The minimum atomic E-state index is 0.312. The van der Waals surface area contributed by atoms with Crippen LogP contribution in [0.25, 0.3) is 0 Å². The van der Waals surface area contributed by atoms with E-state index in [2.05, 4.69) is 28.4 Å². The number of nitrogens with zero attached hydrogens (tertiary/aromatic N) is 3. The molecule has 1 heterocycles. The Morgan fingerprint density at radius 2 is 2.18 bits per heavy atom. The zero-order valence-corrected chi connectivity index (χ0v) is 11.1. The van der Waals surface area contributed by atoms with Crippen molar-refractivity contribution in [3.63, 3.8) is 0 Å². The fourth-order valence-electron chi connectivity index (χ4n) is 1.95. The third kappa shape index (κ3) is 5.33. The summed E-state index contributed by atoms with van der Waals surface area (Å²) in [6.07, 6.45) is 8.19. The fourth-order valence-corrected chi connectivity index (χ4v) is 1.95. The highest BCUT2D eigenvalue weighted by Gasteiger charge is 2.05. The summed E-state index contributed by atoms with van der Waals surface area (Å²) in [5.41, 5.74) is 1.29. The van der Waals surface area contributed by atoms with Crippen molar-refractivity contribution in [3.05, 3.63) is 18.2 Å². The van der Waals surface area contributed by atoms with Crippen molar-refractivity contribution >= 4 is 0 Å². The van der Waals surface area contributed by atoms with Gasteiger partial charge in [0.05, 0.1) is 12.0 Å². The van der Waals surface area contributed by atoms with Crippen LogP contribution in [-0.2, 0) is 13.1 Å². The summed E-state index contributed by atoms with van der Waals surface area (Å²) in [4.78, 5) is 6.53. The number of aliphatic hydroxyl groups is 1. The maximum absolute atomic E-state index is 8.71. The molecule has 0 fully saturated rings. The molecular weight excluding hydrogens is 214 g/mol. The molecular formula is C13H25N3O. The number of aryl methyl sites for hydroxylation is 1. The molecule has 0 saturated heterocycles. The lowest BCUT2D eigenvalue weighted by Crippen LogP contribution is -2.21. The minimum absolute atomic E-state index is 0.312. The second-order valence-corrected chi connectivity index (χ2v) is 4.60. The van der Waals surface area contributed by atoms with E-state index in [1.807, 2.05) is 12.5 Å². The van der Waals surface area contributed by atoms with Gasteiger partial charge in [-0.1, -0.05) is 6.92 Å². The van der Waals surface area contributed by atoms with E-state index in [1.165, 1.54) is 5.69 Å². The van der Waals surface area contributed by atoms with Crippen molar-refractivity contribution in [2.75, 3.05) is 20.2 Å². The molecule has 1 N–H and O–H groups in total. The van der Waals surface area contributed by atoms with E-state index in [9.17, 15) is 0 Å². The molecule has 0 unspecified atom stereocenters. The Morgan fingerprint density at radius 1 is 1.35 bits per heavy atom. The van der Waals surface area contributed by atoms with Gasteiger partial charge in [-0.3, -0.25) is 0 Å². The topological polar surface area (TPSA) is 41.3 Å². The van der Waals surface area contributed by atoms with Crippen LogP contribution in [0.15, 0.2) is 12.5 Å². The van der Waals surface area contributed by atoms with Crippen molar-refractivity contribution in [3.8, 4) is 0 Å². The summed E-state index contributed by atoms with van der Waals surface area (Å²) in [6.45, 7) is 5.58. The molecule has 4 heteroatoms. The molecule has 1 rings (SSSR count). The van der Waals surface area contributed by atoms with Gasteiger partial charge >= 0.3 is 0 Å². The van der Waals surface area contributed by atoms with Crippen LogP contribution in [0.5, 0.6) is 0 Å². The van der Waals surface area contributed by atoms with Crippen LogP contribution in [0.4, 0.5) is 0 Å². The molecule has 0 spiro atoms. The molecule has 0 amide bonds. The maximum atomic E-state index is 8.71. The third-order valence-corrected chi connectivity index (χ3v) is 2.89. The van der Waals surface area contributed by atoms with E-state index in [0.717, 1.165) is 45.3 Å². The van der Waals surface area contributed by atoms with E-state index in [4.69, 9.17) is 5.11 Å². The standard InChI is InChI=1S/C13H25N3O/c1-3-7-16-12-14-10-13(16)11-15(2)8-5-4-6-9-17/h10,12,17H,3-9,11H2,1-2H3. The van der Waals surface area contributed by atoms with Gasteiger partial charge in [-0.05, 0) is 39.3 Å². The van der Waals surface area contributed by atoms with Gasteiger partial charge in [0, 0.05) is 25.9 Å². The highest BCUT2D eigenvalue weighted by atomic mass is 16.2. The number of unbranched alkanes of at least 4 members (excludes halogenated alkanes) is 2. The summed E-state index contributed by atoms with van der Waals surface area (Å²) >= 11 is 0. The second kappa shape index (κ2) is 8.25. The van der Waals surface area contributed by atoms with Crippen molar-refractivity contribution in [2.45, 2.75) is 45.7 Å². The first kappa shape index (κ1) is 14.2. The van der Waals surface area contributed by atoms with Crippen LogP contribution >= 0.6 is 0 Å². The van der Waals surface area contributed by atoms with E-state index in [1.54, 1.807) is 0 Å². The van der Waals surface area contributed by atoms with Gasteiger partial charge in [-0.25, -0.2) is 4.98 Å². The number of aliphatic hydroxyl groups excluding tert-OH is 1. The van der Waals surface area contributed by atoms with Crippen LogP contribution in [0, 0.1) is 0 Å². The third-order valence-electron chi connectivity index (χ3n) is 2.89. The van der Waals surface area contributed by atoms with Gasteiger partial charge in [-0.2, -0.15) is 0 Å². The smallest absolute Gasteiger partial charge is 0.0948 e. The first-order chi connectivity index (χ1) is 8.27. The summed E-state index contributed by atoms with van der Waals surface area (Å²) in [7, 11) is 2.14. The highest BCUT2D eigenvalue weighted by Crippen LogP contribution is 2.05. The molecule has 1 aromatic heterocycles. The van der Waals surface area contributed by atoms with Crippen LogP contribution in [0.1, 0.15) is 38.3 Å². The zero-order valence-electron chi connectivity index (χ0n) is 11.1. The van der Waals surface area contributed by atoms with E-state index in [0.29, 0.717) is 6.61 Å². The quantitative estimate of drug-likeness (QED) is 0.669. The van der Waals surface area contributed by atoms with Crippen LogP contribution < -0.4 is 0 Å². The molecule has 0 aromatic carbocycles. The molecule has 0 saturated carbocycles. The average molecular weight is 239 g/mol. The molecule has 0 aliphatic carbocycles. The Hall–Kier alpha value is -0.870. The van der Waals surface area contributed by atoms with Crippen LogP contribution in [-0.4, -0.2) is 39.8 Å².